The molecule has 1 aliphatic heterocycles. The first kappa shape index (κ1) is 21.5. The lowest BCUT2D eigenvalue weighted by atomic mass is 9.97. The van der Waals surface area contributed by atoms with E-state index in [4.69, 9.17) is 9.05 Å². The van der Waals surface area contributed by atoms with Crippen molar-refractivity contribution in [3.63, 3.8) is 0 Å². The smallest absolute Gasteiger partial charge is 0.332 e. The predicted molar refractivity (Wildman–Crippen MR) is 124 cm³/mol. The predicted octanol–water partition coefficient (Wildman–Crippen LogP) is 5.93. The van der Waals surface area contributed by atoms with Crippen LogP contribution in [0.4, 0.5) is 0 Å². The zero-order valence-electron chi connectivity index (χ0n) is 17.7. The van der Waals surface area contributed by atoms with Crippen molar-refractivity contribution in [1.82, 2.24) is 5.32 Å². The van der Waals surface area contributed by atoms with E-state index < -0.39 is 19.2 Å². The minimum atomic E-state index is -3.74. The number of fused-ring (bicyclic) bond motifs is 1. The number of benzene rings is 3. The third-order valence-corrected chi connectivity index (χ3v) is 7.38. The van der Waals surface area contributed by atoms with Gasteiger partial charge in [-0.05, 0) is 28.0 Å². The zero-order valence-corrected chi connectivity index (χ0v) is 18.5. The second-order valence-electron chi connectivity index (χ2n) is 8.47. The van der Waals surface area contributed by atoms with Gasteiger partial charge in [0, 0.05) is 11.6 Å². The Labute approximate surface area is 182 Å². The fourth-order valence-corrected chi connectivity index (χ4v) is 5.92. The molecular formula is C25H26NO4P. The van der Waals surface area contributed by atoms with E-state index in [0.29, 0.717) is 5.56 Å². The molecule has 3 aromatic rings. The SMILES string of the molecule is CC1(C)COP(=O)(C(C(=O)NC=Cc2ccccc2)c2cccc3ccccc23)OC1. The molecule has 1 N–H and O–H groups in total. The van der Waals surface area contributed by atoms with Gasteiger partial charge in [-0.2, -0.15) is 0 Å². The van der Waals surface area contributed by atoms with Crippen LogP contribution in [0, 0.1) is 5.41 Å². The van der Waals surface area contributed by atoms with Crippen LogP contribution in [0.15, 0.2) is 79.0 Å². The van der Waals surface area contributed by atoms with Crippen LogP contribution in [-0.2, 0) is 18.4 Å². The highest BCUT2D eigenvalue weighted by Gasteiger charge is 2.47. The molecule has 0 radical (unpaired) electrons. The Bertz CT molecular complexity index is 1140. The van der Waals surface area contributed by atoms with E-state index in [-0.39, 0.29) is 18.6 Å². The Kier molecular flexibility index (Phi) is 6.10. The average molecular weight is 435 g/mol. The Morgan fingerprint density at radius 2 is 1.61 bits per heavy atom. The van der Waals surface area contributed by atoms with Crippen LogP contribution in [-0.4, -0.2) is 19.1 Å². The molecule has 0 aromatic heterocycles. The molecule has 0 aliphatic carbocycles. The van der Waals surface area contributed by atoms with Crippen molar-refractivity contribution in [2.75, 3.05) is 13.2 Å². The van der Waals surface area contributed by atoms with E-state index in [2.05, 4.69) is 5.32 Å². The average Bonchev–Trinajstić information content (AvgIpc) is 2.77. The summed E-state index contributed by atoms with van der Waals surface area (Å²) >= 11 is 0. The maximum absolute atomic E-state index is 13.8. The van der Waals surface area contributed by atoms with E-state index in [1.54, 1.807) is 12.3 Å². The van der Waals surface area contributed by atoms with Crippen LogP contribution >= 0.6 is 7.60 Å². The van der Waals surface area contributed by atoms with Crippen molar-refractivity contribution in [3.05, 3.63) is 90.1 Å². The van der Waals surface area contributed by atoms with E-state index in [1.807, 2.05) is 86.6 Å². The van der Waals surface area contributed by atoms with E-state index >= 15 is 0 Å². The molecule has 4 rings (SSSR count). The molecule has 1 heterocycles. The highest BCUT2D eigenvalue weighted by atomic mass is 31.2. The highest BCUT2D eigenvalue weighted by Crippen LogP contribution is 2.64. The lowest BCUT2D eigenvalue weighted by Crippen LogP contribution is -2.34. The fourth-order valence-electron chi connectivity index (χ4n) is 3.56. The van der Waals surface area contributed by atoms with Gasteiger partial charge in [-0.15, -0.1) is 0 Å². The monoisotopic (exact) mass is 435 g/mol. The lowest BCUT2D eigenvalue weighted by Gasteiger charge is -2.37. The molecule has 160 valence electrons. The van der Waals surface area contributed by atoms with Crippen molar-refractivity contribution in [1.29, 1.82) is 0 Å². The van der Waals surface area contributed by atoms with Crippen LogP contribution in [0.25, 0.3) is 16.8 Å². The molecule has 1 unspecified atom stereocenters. The van der Waals surface area contributed by atoms with Gasteiger partial charge in [-0.3, -0.25) is 9.36 Å². The summed E-state index contributed by atoms with van der Waals surface area (Å²) in [5.41, 5.74) is 0.242. The molecule has 0 bridgehead atoms. The number of rotatable bonds is 5. The second kappa shape index (κ2) is 8.80. The van der Waals surface area contributed by atoms with Gasteiger partial charge >= 0.3 is 7.60 Å². The highest BCUT2D eigenvalue weighted by molar-refractivity contribution is 7.55. The van der Waals surface area contributed by atoms with Gasteiger partial charge in [0.05, 0.1) is 13.2 Å². The molecule has 1 aliphatic rings. The minimum Gasteiger partial charge on any atom is -0.332 e. The number of amides is 1. The van der Waals surface area contributed by atoms with E-state index in [1.165, 1.54) is 0 Å². The first-order valence-corrected chi connectivity index (χ1v) is 11.9. The summed E-state index contributed by atoms with van der Waals surface area (Å²) in [6, 6.07) is 23.0. The molecule has 31 heavy (non-hydrogen) atoms. The van der Waals surface area contributed by atoms with E-state index in [9.17, 15) is 9.36 Å². The van der Waals surface area contributed by atoms with Gasteiger partial charge in [0.2, 0.25) is 5.91 Å². The van der Waals surface area contributed by atoms with Gasteiger partial charge < -0.3 is 14.4 Å². The Morgan fingerprint density at radius 3 is 2.35 bits per heavy atom. The first-order chi connectivity index (χ1) is 14.9. The molecule has 5 nitrogen and oxygen atoms in total. The van der Waals surface area contributed by atoms with Crippen LogP contribution in [0.1, 0.15) is 30.6 Å². The Balaban J connectivity index is 1.70. The normalized spacial score (nSPS) is 18.6. The van der Waals surface area contributed by atoms with Crippen molar-refractivity contribution in [2.24, 2.45) is 5.41 Å². The maximum Gasteiger partial charge on any atom is 0.347 e. The van der Waals surface area contributed by atoms with Crippen molar-refractivity contribution in [3.8, 4) is 0 Å². The molecule has 6 heteroatoms. The molecule has 0 spiro atoms. The maximum atomic E-state index is 13.8. The van der Waals surface area contributed by atoms with Gasteiger partial charge in [0.1, 0.15) is 0 Å². The molecule has 1 amide bonds. The minimum absolute atomic E-state index is 0.263. The standard InChI is InChI=1S/C25H26NO4P/c1-25(2)17-29-31(28,30-18-25)23(22-14-8-12-20-11-6-7-13-21(20)22)24(27)26-16-15-19-9-4-3-5-10-19/h3-16,23H,17-18H2,1-2H3,(H,26,27). The third-order valence-electron chi connectivity index (χ3n) is 5.25. The first-order valence-electron chi connectivity index (χ1n) is 10.3. The largest absolute Gasteiger partial charge is 0.347 e. The third kappa shape index (κ3) is 4.80. The van der Waals surface area contributed by atoms with Crippen molar-refractivity contribution >= 4 is 30.4 Å². The summed E-state index contributed by atoms with van der Waals surface area (Å²) in [5, 5.41) is 4.60. The van der Waals surface area contributed by atoms with Gasteiger partial charge in [-0.25, -0.2) is 0 Å². The topological polar surface area (TPSA) is 64.6 Å². The molecule has 3 aromatic carbocycles. The molecule has 1 fully saturated rings. The second-order valence-corrected chi connectivity index (χ2v) is 10.6. The number of hydrogen-bond donors (Lipinski definition) is 1. The summed E-state index contributed by atoms with van der Waals surface area (Å²) in [4.78, 5) is 13.3. The fraction of sp³-hybridized carbons (Fsp3) is 0.240. The summed E-state index contributed by atoms with van der Waals surface area (Å²) < 4.78 is 25.4. The number of carbonyl (C=O) groups is 1. The molecular weight excluding hydrogens is 409 g/mol. The summed E-state index contributed by atoms with van der Waals surface area (Å²) in [6.45, 7) is 4.48. The van der Waals surface area contributed by atoms with Crippen molar-refractivity contribution in [2.45, 2.75) is 19.5 Å². The number of nitrogens with one attached hydrogen (secondary N) is 1. The van der Waals surface area contributed by atoms with E-state index in [0.717, 1.165) is 16.3 Å². The van der Waals surface area contributed by atoms with Crippen molar-refractivity contribution < 1.29 is 18.4 Å². The van der Waals surface area contributed by atoms with Crippen LogP contribution in [0.3, 0.4) is 0 Å². The van der Waals surface area contributed by atoms with Gasteiger partial charge in [-0.1, -0.05) is 86.6 Å². The quantitative estimate of drug-likeness (QED) is 0.504. The number of hydrogen-bond acceptors (Lipinski definition) is 4. The molecule has 1 atom stereocenters. The number of carbonyl (C=O) groups excluding carboxylic acids is 1. The summed E-state index contributed by atoms with van der Waals surface area (Å²) in [5.74, 6) is -0.424. The zero-order chi connectivity index (χ0) is 21.9. The van der Waals surface area contributed by atoms with Gasteiger partial charge in [0.25, 0.3) is 0 Å². The van der Waals surface area contributed by atoms with Crippen LogP contribution in [0.2, 0.25) is 0 Å². The lowest BCUT2D eigenvalue weighted by molar-refractivity contribution is -0.120. The summed E-state index contributed by atoms with van der Waals surface area (Å²) in [7, 11) is -3.74. The van der Waals surface area contributed by atoms with Crippen LogP contribution < -0.4 is 5.32 Å². The van der Waals surface area contributed by atoms with Crippen LogP contribution in [0.5, 0.6) is 0 Å². The molecule has 1 saturated heterocycles. The molecule has 0 saturated carbocycles. The van der Waals surface area contributed by atoms with Gasteiger partial charge in [0.15, 0.2) is 5.66 Å². The Hall–Kier alpha value is -2.72. The Morgan fingerprint density at radius 1 is 0.968 bits per heavy atom. The summed E-state index contributed by atoms with van der Waals surface area (Å²) in [6.07, 6.45) is 3.36.